The first-order valence-corrected chi connectivity index (χ1v) is 4.75. The van der Waals surface area contributed by atoms with Crippen LogP contribution in [0, 0.1) is 12.7 Å². The van der Waals surface area contributed by atoms with Crippen LogP contribution in [0.5, 0.6) is 0 Å². The number of aromatic nitrogens is 1. The molecular weight excluding hydrogens is 227 g/mol. The number of carboxylic acid groups (broad SMARTS) is 1. The van der Waals surface area contributed by atoms with E-state index in [0.717, 1.165) is 0 Å². The van der Waals surface area contributed by atoms with Crippen molar-refractivity contribution in [3.05, 3.63) is 35.3 Å². The Kier molecular flexibility index (Phi) is 2.55. The van der Waals surface area contributed by atoms with E-state index in [1.54, 1.807) is 6.92 Å². The van der Waals surface area contributed by atoms with Gasteiger partial charge in [0.05, 0.1) is 5.56 Å². The van der Waals surface area contributed by atoms with Crippen LogP contribution in [-0.2, 0) is 0 Å². The monoisotopic (exact) mass is 236 g/mol. The molecule has 0 spiro atoms. The Hall–Kier alpha value is -2.37. The maximum absolute atomic E-state index is 13.1. The van der Waals surface area contributed by atoms with Crippen molar-refractivity contribution in [1.82, 2.24) is 5.16 Å². The third kappa shape index (κ3) is 1.84. The van der Waals surface area contributed by atoms with E-state index in [0.29, 0.717) is 11.1 Å². The van der Waals surface area contributed by atoms with Crippen LogP contribution in [-0.4, -0.2) is 16.2 Å². The Morgan fingerprint density at radius 2 is 2.24 bits per heavy atom. The molecule has 0 atom stereocenters. The Morgan fingerprint density at radius 1 is 1.53 bits per heavy atom. The molecule has 0 aliphatic heterocycles. The summed E-state index contributed by atoms with van der Waals surface area (Å²) in [5.41, 5.74) is 6.24. The molecule has 88 valence electrons. The maximum atomic E-state index is 13.1. The second kappa shape index (κ2) is 3.89. The zero-order chi connectivity index (χ0) is 12.6. The summed E-state index contributed by atoms with van der Waals surface area (Å²) in [5.74, 6) is -1.73. The normalized spacial score (nSPS) is 10.5. The molecule has 6 heteroatoms. The van der Waals surface area contributed by atoms with Crippen LogP contribution in [0.2, 0.25) is 0 Å². The van der Waals surface area contributed by atoms with Gasteiger partial charge in [-0.25, -0.2) is 9.18 Å². The topological polar surface area (TPSA) is 89.3 Å². The first kappa shape index (κ1) is 11.1. The predicted molar refractivity (Wildman–Crippen MR) is 58.0 cm³/mol. The number of aromatic carboxylic acids is 1. The number of nitrogens with two attached hydrogens (primary N) is 1. The Morgan fingerprint density at radius 3 is 2.82 bits per heavy atom. The summed E-state index contributed by atoms with van der Waals surface area (Å²) < 4.78 is 17.7. The van der Waals surface area contributed by atoms with E-state index in [4.69, 9.17) is 10.8 Å². The van der Waals surface area contributed by atoms with E-state index in [-0.39, 0.29) is 23.0 Å². The number of carbonyl (C=O) groups is 1. The molecule has 0 saturated carbocycles. The lowest BCUT2D eigenvalue weighted by molar-refractivity contribution is 0.0686. The van der Waals surface area contributed by atoms with Crippen LogP contribution < -0.4 is 5.73 Å². The van der Waals surface area contributed by atoms with Crippen molar-refractivity contribution >= 4 is 11.9 Å². The lowest BCUT2D eigenvalue weighted by Gasteiger charge is -2.02. The van der Waals surface area contributed by atoms with E-state index in [1.807, 2.05) is 0 Å². The summed E-state index contributed by atoms with van der Waals surface area (Å²) in [6.07, 6.45) is 0. The Bertz CT molecular complexity index is 592. The summed E-state index contributed by atoms with van der Waals surface area (Å²) in [6, 6.07) is 4.16. The van der Waals surface area contributed by atoms with Gasteiger partial charge in [0.15, 0.2) is 0 Å². The average Bonchev–Trinajstić information content (AvgIpc) is 2.64. The third-order valence-corrected chi connectivity index (χ3v) is 2.37. The quantitative estimate of drug-likeness (QED) is 0.833. The van der Waals surface area contributed by atoms with E-state index < -0.39 is 5.97 Å². The van der Waals surface area contributed by atoms with Crippen LogP contribution >= 0.6 is 0 Å². The summed E-state index contributed by atoms with van der Waals surface area (Å²) in [4.78, 5) is 10.9. The number of benzene rings is 1. The molecule has 0 aliphatic rings. The van der Waals surface area contributed by atoms with E-state index in [9.17, 15) is 9.18 Å². The SMILES string of the molecule is Cc1cc(-c2c(C(=O)O)noc2N)ccc1F. The minimum absolute atomic E-state index is 0.103. The van der Waals surface area contributed by atoms with Crippen LogP contribution in [0.25, 0.3) is 11.1 Å². The molecule has 1 aromatic carbocycles. The summed E-state index contributed by atoms with van der Waals surface area (Å²) in [6.45, 7) is 1.57. The van der Waals surface area contributed by atoms with Gasteiger partial charge < -0.3 is 15.4 Å². The van der Waals surface area contributed by atoms with Gasteiger partial charge in [0.25, 0.3) is 0 Å². The molecule has 17 heavy (non-hydrogen) atoms. The molecule has 3 N–H and O–H groups in total. The number of anilines is 1. The highest BCUT2D eigenvalue weighted by molar-refractivity contribution is 5.96. The van der Waals surface area contributed by atoms with Crippen LogP contribution in [0.1, 0.15) is 16.1 Å². The minimum atomic E-state index is -1.25. The number of rotatable bonds is 2. The molecule has 1 heterocycles. The van der Waals surface area contributed by atoms with Crippen molar-refractivity contribution in [2.24, 2.45) is 0 Å². The van der Waals surface area contributed by atoms with Crippen LogP contribution in [0.15, 0.2) is 22.7 Å². The van der Waals surface area contributed by atoms with Gasteiger partial charge in [-0.05, 0) is 30.2 Å². The molecule has 0 aliphatic carbocycles. The lowest BCUT2D eigenvalue weighted by atomic mass is 10.0. The Labute approximate surface area is 95.6 Å². The summed E-state index contributed by atoms with van der Waals surface area (Å²) in [5, 5.41) is 12.3. The Balaban J connectivity index is 2.63. The van der Waals surface area contributed by atoms with E-state index >= 15 is 0 Å². The molecule has 0 bridgehead atoms. The smallest absolute Gasteiger partial charge is 0.358 e. The van der Waals surface area contributed by atoms with Crippen molar-refractivity contribution in [3.8, 4) is 11.1 Å². The van der Waals surface area contributed by atoms with E-state index in [2.05, 4.69) is 9.68 Å². The molecule has 0 saturated heterocycles. The van der Waals surface area contributed by atoms with Gasteiger partial charge in [0.2, 0.25) is 11.6 Å². The molecule has 5 nitrogen and oxygen atoms in total. The molecule has 0 radical (unpaired) electrons. The number of nitrogens with zero attached hydrogens (tertiary/aromatic N) is 1. The molecule has 1 aromatic heterocycles. The third-order valence-electron chi connectivity index (χ3n) is 2.37. The highest BCUT2D eigenvalue weighted by Crippen LogP contribution is 2.30. The number of hydrogen-bond donors (Lipinski definition) is 2. The van der Waals surface area contributed by atoms with Crippen LogP contribution in [0.4, 0.5) is 10.3 Å². The molecule has 0 amide bonds. The zero-order valence-corrected chi connectivity index (χ0v) is 8.90. The van der Waals surface area contributed by atoms with Gasteiger partial charge in [-0.3, -0.25) is 0 Å². The van der Waals surface area contributed by atoms with Gasteiger partial charge in [-0.2, -0.15) is 0 Å². The van der Waals surface area contributed by atoms with Crippen molar-refractivity contribution in [2.45, 2.75) is 6.92 Å². The minimum Gasteiger partial charge on any atom is -0.476 e. The first-order chi connectivity index (χ1) is 8.00. The highest BCUT2D eigenvalue weighted by Gasteiger charge is 2.21. The van der Waals surface area contributed by atoms with Crippen LogP contribution in [0.3, 0.4) is 0 Å². The molecule has 2 aromatic rings. The molecule has 0 unspecified atom stereocenters. The highest BCUT2D eigenvalue weighted by atomic mass is 19.1. The number of carboxylic acids is 1. The zero-order valence-electron chi connectivity index (χ0n) is 8.90. The van der Waals surface area contributed by atoms with Gasteiger partial charge >= 0.3 is 5.97 Å². The van der Waals surface area contributed by atoms with Crippen molar-refractivity contribution in [1.29, 1.82) is 0 Å². The van der Waals surface area contributed by atoms with Crippen molar-refractivity contribution in [3.63, 3.8) is 0 Å². The van der Waals surface area contributed by atoms with Crippen molar-refractivity contribution < 1.29 is 18.8 Å². The summed E-state index contributed by atoms with van der Waals surface area (Å²) >= 11 is 0. The largest absolute Gasteiger partial charge is 0.476 e. The second-order valence-corrected chi connectivity index (χ2v) is 3.54. The molecular formula is C11H9FN2O3. The second-order valence-electron chi connectivity index (χ2n) is 3.54. The predicted octanol–water partition coefficient (Wildman–Crippen LogP) is 2.07. The number of aryl methyl sites for hydroxylation is 1. The van der Waals surface area contributed by atoms with E-state index in [1.165, 1.54) is 18.2 Å². The summed E-state index contributed by atoms with van der Waals surface area (Å²) in [7, 11) is 0. The average molecular weight is 236 g/mol. The fraction of sp³-hybridized carbons (Fsp3) is 0.0909. The standard InChI is InChI=1S/C11H9FN2O3/c1-5-4-6(2-3-7(5)12)8-9(11(15)16)14-17-10(8)13/h2-4H,13H2,1H3,(H,15,16). The number of nitrogen functional groups attached to an aromatic ring is 1. The molecule has 0 fully saturated rings. The molecule has 2 rings (SSSR count). The maximum Gasteiger partial charge on any atom is 0.358 e. The van der Waals surface area contributed by atoms with Gasteiger partial charge in [-0.1, -0.05) is 11.2 Å². The fourth-order valence-electron chi connectivity index (χ4n) is 1.53. The lowest BCUT2D eigenvalue weighted by Crippen LogP contribution is -2.00. The van der Waals surface area contributed by atoms with Crippen molar-refractivity contribution in [2.75, 3.05) is 5.73 Å². The van der Waals surface area contributed by atoms with Gasteiger partial charge in [0.1, 0.15) is 5.82 Å². The van der Waals surface area contributed by atoms with Gasteiger partial charge in [0, 0.05) is 0 Å². The fourth-order valence-corrected chi connectivity index (χ4v) is 1.53. The first-order valence-electron chi connectivity index (χ1n) is 4.75. The number of halogens is 1. The van der Waals surface area contributed by atoms with Gasteiger partial charge in [-0.15, -0.1) is 0 Å². The number of hydrogen-bond acceptors (Lipinski definition) is 4.